The Labute approximate surface area is 469 Å². The molecule has 0 aromatic carbocycles. The van der Waals surface area contributed by atoms with Gasteiger partial charge in [-0.25, -0.2) is 0 Å². The molecule has 0 bridgehead atoms. The maximum Gasteiger partial charge on any atom is 0.306 e. The van der Waals surface area contributed by atoms with Gasteiger partial charge >= 0.3 is 5.97 Å². The summed E-state index contributed by atoms with van der Waals surface area (Å²) in [6, 6.07) is -1.05. The Bertz CT molecular complexity index is 1620. The van der Waals surface area contributed by atoms with Gasteiger partial charge in [0.25, 0.3) is 0 Å². The molecule has 8 unspecified atom stereocenters. The minimum absolute atomic E-state index is 0.0785. The Hall–Kier alpha value is -3.42. The third-order valence-electron chi connectivity index (χ3n) is 14.0. The molecule has 442 valence electrons. The molecule has 0 aliphatic carbocycles. The van der Waals surface area contributed by atoms with Crippen molar-refractivity contribution in [1.82, 2.24) is 5.32 Å². The van der Waals surface area contributed by atoms with E-state index in [1.54, 1.807) is 6.08 Å². The highest BCUT2D eigenvalue weighted by atomic mass is 16.7. The van der Waals surface area contributed by atoms with Gasteiger partial charge in [0.15, 0.2) is 12.4 Å². The quantitative estimate of drug-likeness (QED) is 0.0195. The molecule has 0 saturated carbocycles. The second-order valence-corrected chi connectivity index (χ2v) is 21.1. The summed E-state index contributed by atoms with van der Waals surface area (Å²) in [4.78, 5) is 26.5. The molecule has 11 nitrogen and oxygen atoms in total. The summed E-state index contributed by atoms with van der Waals surface area (Å²) in [5.74, 6) is -1.25. The van der Waals surface area contributed by atoms with Gasteiger partial charge in [0.2, 0.25) is 5.91 Å². The SMILES string of the molecule is CCCCC/C=C\C/C=C\C/C=C\C/C=C\CCCCCC(=O)OC1C(OCC(NC(=O)C(O)CCCCC/C=C\C/C=C\C/C=C\CCCCC)C(O)/C=C/CCCCCCCCCCCCC)OC(CO)C(O)C1O. The van der Waals surface area contributed by atoms with E-state index in [4.69, 9.17) is 14.2 Å². The number of aliphatic hydroxyl groups is 5. The molecule has 0 radical (unpaired) electrons. The number of hydrogen-bond donors (Lipinski definition) is 6. The van der Waals surface area contributed by atoms with Crippen molar-refractivity contribution in [3.63, 3.8) is 0 Å². The molecule has 1 rings (SSSR count). The van der Waals surface area contributed by atoms with E-state index < -0.39 is 67.4 Å². The molecule has 8 atom stereocenters. The summed E-state index contributed by atoms with van der Waals surface area (Å²) in [6.45, 7) is 5.69. The van der Waals surface area contributed by atoms with Gasteiger partial charge in [-0.1, -0.05) is 227 Å². The molecule has 1 aliphatic rings. The number of carbonyl (C=O) groups excluding carboxylic acids is 2. The number of unbranched alkanes of at least 4 members (excludes halogenated alkanes) is 23. The first-order chi connectivity index (χ1) is 37.7. The van der Waals surface area contributed by atoms with E-state index in [1.165, 1.54) is 96.3 Å². The van der Waals surface area contributed by atoms with Crippen molar-refractivity contribution >= 4 is 11.9 Å². The molecule has 1 aliphatic heterocycles. The molecule has 0 aromatic rings. The summed E-state index contributed by atoms with van der Waals surface area (Å²) in [5, 5.41) is 56.9. The Morgan fingerprint density at radius 1 is 0.506 bits per heavy atom. The van der Waals surface area contributed by atoms with E-state index in [0.717, 1.165) is 103 Å². The molecular formula is C66H113NO10. The third kappa shape index (κ3) is 41.3. The molecule has 1 heterocycles. The van der Waals surface area contributed by atoms with Crippen LogP contribution in [-0.2, 0) is 23.8 Å². The number of amides is 1. The zero-order valence-corrected chi connectivity index (χ0v) is 48.8. The zero-order chi connectivity index (χ0) is 56.1. The summed E-state index contributed by atoms with van der Waals surface area (Å²) in [7, 11) is 0. The van der Waals surface area contributed by atoms with E-state index >= 15 is 0 Å². The van der Waals surface area contributed by atoms with E-state index in [9.17, 15) is 35.1 Å². The van der Waals surface area contributed by atoms with Gasteiger partial charge in [-0.15, -0.1) is 0 Å². The molecule has 1 saturated heterocycles. The molecule has 1 amide bonds. The molecule has 6 N–H and O–H groups in total. The highest BCUT2D eigenvalue weighted by molar-refractivity contribution is 5.80. The van der Waals surface area contributed by atoms with Crippen molar-refractivity contribution in [3.05, 3.63) is 97.2 Å². The van der Waals surface area contributed by atoms with Crippen LogP contribution in [0, 0.1) is 0 Å². The summed E-state index contributed by atoms with van der Waals surface area (Å²) >= 11 is 0. The predicted molar refractivity (Wildman–Crippen MR) is 319 cm³/mol. The molecule has 77 heavy (non-hydrogen) atoms. The first-order valence-corrected chi connectivity index (χ1v) is 31.0. The van der Waals surface area contributed by atoms with Crippen LogP contribution in [0.4, 0.5) is 0 Å². The Morgan fingerprint density at radius 2 is 0.896 bits per heavy atom. The van der Waals surface area contributed by atoms with Gasteiger partial charge in [-0.05, 0) is 109 Å². The summed E-state index contributed by atoms with van der Waals surface area (Å²) < 4.78 is 17.6. The summed E-state index contributed by atoms with van der Waals surface area (Å²) in [6.07, 6.45) is 60.1. The van der Waals surface area contributed by atoms with E-state index in [-0.39, 0.29) is 19.4 Å². The summed E-state index contributed by atoms with van der Waals surface area (Å²) in [5.41, 5.74) is 0. The lowest BCUT2D eigenvalue weighted by Crippen LogP contribution is -2.61. The van der Waals surface area contributed by atoms with Crippen molar-refractivity contribution in [2.45, 2.75) is 294 Å². The molecule has 0 spiro atoms. The van der Waals surface area contributed by atoms with E-state index in [1.807, 2.05) is 6.08 Å². The number of carbonyl (C=O) groups is 2. The van der Waals surface area contributed by atoms with Gasteiger partial charge in [0.05, 0.1) is 25.4 Å². The number of rotatable bonds is 51. The van der Waals surface area contributed by atoms with Crippen LogP contribution in [-0.4, -0.2) is 99.6 Å². The number of nitrogens with one attached hydrogen (secondary N) is 1. The van der Waals surface area contributed by atoms with Crippen LogP contribution in [0.1, 0.15) is 245 Å². The Morgan fingerprint density at radius 3 is 1.36 bits per heavy atom. The topological polar surface area (TPSA) is 175 Å². The van der Waals surface area contributed by atoms with Crippen LogP contribution in [0.15, 0.2) is 97.2 Å². The lowest BCUT2D eigenvalue weighted by Gasteiger charge is -2.41. The zero-order valence-electron chi connectivity index (χ0n) is 48.8. The highest BCUT2D eigenvalue weighted by Gasteiger charge is 2.47. The van der Waals surface area contributed by atoms with Crippen molar-refractivity contribution in [1.29, 1.82) is 0 Å². The van der Waals surface area contributed by atoms with Gasteiger partial charge < -0.3 is 45.1 Å². The number of ether oxygens (including phenoxy) is 3. The first kappa shape index (κ1) is 71.6. The second kappa shape index (κ2) is 53.2. The fourth-order valence-electron chi connectivity index (χ4n) is 8.99. The van der Waals surface area contributed by atoms with Gasteiger partial charge in [0.1, 0.15) is 24.4 Å². The van der Waals surface area contributed by atoms with Crippen molar-refractivity contribution < 1.29 is 49.3 Å². The highest BCUT2D eigenvalue weighted by Crippen LogP contribution is 2.26. The minimum Gasteiger partial charge on any atom is -0.454 e. The fraction of sp³-hybridized carbons (Fsp3) is 0.727. The number of esters is 1. The standard InChI is InChI=1S/C66H113NO10/c1-4-7-10-13-16-19-22-25-27-29-30-31-33-36-39-42-45-48-51-54-61(71)77-64-63(73)62(72)60(55-68)76-66(64)75-56-57(58(69)52-49-46-43-40-37-34-24-21-18-15-12-9-6-3)67-65(74)59(70)53-50-47-44-41-38-35-32-28-26-23-20-17-14-11-8-5-2/h16-17,19-20,25-28,30-31,35-36,38-39,49,52,57-60,62-64,66,68-70,72-73H,4-15,18,21-24,29,32-34,37,40-48,50-51,53-56H2,1-3H3,(H,67,74)/b19-16-,20-17-,27-25-,28-26-,31-30-,38-35-,39-36-,52-49+. The molecular weight excluding hydrogens is 967 g/mol. The van der Waals surface area contributed by atoms with Crippen molar-refractivity contribution in [2.75, 3.05) is 13.2 Å². The average Bonchev–Trinajstić information content (AvgIpc) is 3.43. The minimum atomic E-state index is -1.64. The van der Waals surface area contributed by atoms with Gasteiger partial charge in [-0.2, -0.15) is 0 Å². The Balaban J connectivity index is 2.75. The second-order valence-electron chi connectivity index (χ2n) is 21.1. The lowest BCUT2D eigenvalue weighted by atomic mass is 9.99. The Kier molecular flexibility index (Phi) is 49.5. The normalized spacial score (nSPS) is 19.7. The van der Waals surface area contributed by atoms with Gasteiger partial charge in [0, 0.05) is 6.42 Å². The predicted octanol–water partition coefficient (Wildman–Crippen LogP) is 14.7. The van der Waals surface area contributed by atoms with Gasteiger partial charge in [-0.3, -0.25) is 9.59 Å². The monoisotopic (exact) mass is 1080 g/mol. The maximum absolute atomic E-state index is 13.4. The van der Waals surface area contributed by atoms with Crippen LogP contribution in [0.2, 0.25) is 0 Å². The molecule has 1 fully saturated rings. The van der Waals surface area contributed by atoms with E-state index in [2.05, 4.69) is 111 Å². The van der Waals surface area contributed by atoms with Crippen LogP contribution >= 0.6 is 0 Å². The van der Waals surface area contributed by atoms with Crippen molar-refractivity contribution in [2.24, 2.45) is 0 Å². The third-order valence-corrected chi connectivity index (χ3v) is 14.0. The molecule has 11 heteroatoms. The number of aliphatic hydroxyl groups excluding tert-OH is 5. The maximum atomic E-state index is 13.4. The van der Waals surface area contributed by atoms with Crippen LogP contribution in [0.5, 0.6) is 0 Å². The fourth-order valence-corrected chi connectivity index (χ4v) is 8.99. The van der Waals surface area contributed by atoms with Crippen LogP contribution in [0.3, 0.4) is 0 Å². The first-order valence-electron chi connectivity index (χ1n) is 31.0. The van der Waals surface area contributed by atoms with Crippen molar-refractivity contribution in [3.8, 4) is 0 Å². The lowest BCUT2D eigenvalue weighted by molar-refractivity contribution is -0.305. The van der Waals surface area contributed by atoms with Crippen LogP contribution in [0.25, 0.3) is 0 Å². The average molecular weight is 1080 g/mol. The number of hydrogen-bond acceptors (Lipinski definition) is 10. The smallest absolute Gasteiger partial charge is 0.306 e. The number of allylic oxidation sites excluding steroid dienone is 15. The molecule has 0 aromatic heterocycles. The van der Waals surface area contributed by atoms with Crippen LogP contribution < -0.4 is 5.32 Å². The largest absolute Gasteiger partial charge is 0.454 e. The van der Waals surface area contributed by atoms with E-state index in [0.29, 0.717) is 12.8 Å².